The summed E-state index contributed by atoms with van der Waals surface area (Å²) in [6, 6.07) is 7.54. The first kappa shape index (κ1) is 17.4. The van der Waals surface area contributed by atoms with Crippen molar-refractivity contribution >= 4 is 17.5 Å². The monoisotopic (exact) mass is 334 g/mol. The van der Waals surface area contributed by atoms with Gasteiger partial charge in [-0.1, -0.05) is 25.4 Å². The number of rotatable bonds is 6. The average Bonchev–Trinajstić information content (AvgIpc) is 3.09. The van der Waals surface area contributed by atoms with Crippen LogP contribution in [0.25, 0.3) is 5.69 Å². The fourth-order valence-electron chi connectivity index (χ4n) is 2.76. The topological polar surface area (TPSA) is 34.5 Å². The van der Waals surface area contributed by atoms with Crippen molar-refractivity contribution in [1.29, 1.82) is 0 Å². The molecule has 0 bridgehead atoms. The van der Waals surface area contributed by atoms with Gasteiger partial charge in [0, 0.05) is 31.5 Å². The minimum absolute atomic E-state index is 0.0727. The molecule has 0 aliphatic rings. The minimum Gasteiger partial charge on any atom is -0.496 e. The average molecular weight is 335 g/mol. The van der Waals surface area contributed by atoms with Crippen molar-refractivity contribution in [2.24, 2.45) is 0 Å². The van der Waals surface area contributed by atoms with Crippen LogP contribution in [-0.4, -0.2) is 35.6 Å². The Labute approximate surface area is 142 Å². The SMILES string of the molecule is CCC(CC)N(C)C(=O)c1cc(Cl)c(-n2cccc2)cc1OC. The van der Waals surface area contributed by atoms with E-state index in [-0.39, 0.29) is 11.9 Å². The molecule has 23 heavy (non-hydrogen) atoms. The maximum Gasteiger partial charge on any atom is 0.257 e. The Bertz CT molecular complexity index is 664. The molecule has 0 fully saturated rings. The Balaban J connectivity index is 2.43. The van der Waals surface area contributed by atoms with Gasteiger partial charge in [-0.2, -0.15) is 0 Å². The van der Waals surface area contributed by atoms with E-state index in [4.69, 9.17) is 16.3 Å². The molecule has 2 aromatic rings. The third kappa shape index (κ3) is 3.53. The Hall–Kier alpha value is -1.94. The summed E-state index contributed by atoms with van der Waals surface area (Å²) in [5, 5.41) is 0.517. The van der Waals surface area contributed by atoms with Gasteiger partial charge >= 0.3 is 0 Å². The van der Waals surface area contributed by atoms with Gasteiger partial charge in [0.2, 0.25) is 0 Å². The lowest BCUT2D eigenvalue weighted by Gasteiger charge is -2.27. The highest BCUT2D eigenvalue weighted by molar-refractivity contribution is 6.33. The summed E-state index contributed by atoms with van der Waals surface area (Å²) in [5.74, 6) is 0.456. The van der Waals surface area contributed by atoms with Crippen LogP contribution >= 0.6 is 11.6 Å². The summed E-state index contributed by atoms with van der Waals surface area (Å²) >= 11 is 6.40. The first-order chi connectivity index (χ1) is 11.0. The summed E-state index contributed by atoms with van der Waals surface area (Å²) in [7, 11) is 3.39. The summed E-state index contributed by atoms with van der Waals surface area (Å²) in [6.07, 6.45) is 5.63. The standard InChI is InChI=1S/C18H23ClN2O2/c1-5-13(6-2)20(3)18(22)14-11-15(19)16(12-17(14)23-4)21-9-7-8-10-21/h7-13H,5-6H2,1-4H3. The summed E-state index contributed by atoms with van der Waals surface area (Å²) in [6.45, 7) is 4.16. The van der Waals surface area contributed by atoms with Crippen molar-refractivity contribution in [3.05, 3.63) is 47.2 Å². The van der Waals surface area contributed by atoms with Gasteiger partial charge in [-0.15, -0.1) is 0 Å². The predicted molar refractivity (Wildman–Crippen MR) is 93.8 cm³/mol. The first-order valence-electron chi connectivity index (χ1n) is 7.81. The van der Waals surface area contributed by atoms with E-state index in [0.717, 1.165) is 18.5 Å². The second-order valence-electron chi connectivity index (χ2n) is 5.48. The molecule has 0 saturated carbocycles. The van der Waals surface area contributed by atoms with Crippen LogP contribution in [0.3, 0.4) is 0 Å². The smallest absolute Gasteiger partial charge is 0.257 e. The Morgan fingerprint density at radius 3 is 2.39 bits per heavy atom. The minimum atomic E-state index is -0.0727. The Kier molecular flexibility index (Phi) is 5.72. The summed E-state index contributed by atoms with van der Waals surface area (Å²) in [4.78, 5) is 14.6. The van der Waals surface area contributed by atoms with Gasteiger partial charge in [0.05, 0.1) is 23.4 Å². The third-order valence-electron chi connectivity index (χ3n) is 4.19. The molecule has 1 aromatic heterocycles. The maximum atomic E-state index is 12.8. The number of carbonyl (C=O) groups excluding carboxylic acids is 1. The van der Waals surface area contributed by atoms with Crippen LogP contribution in [0.2, 0.25) is 5.02 Å². The second kappa shape index (κ2) is 7.55. The number of carbonyl (C=O) groups is 1. The zero-order chi connectivity index (χ0) is 17.0. The van der Waals surface area contributed by atoms with E-state index >= 15 is 0 Å². The van der Waals surface area contributed by atoms with E-state index < -0.39 is 0 Å². The molecule has 0 aliphatic heterocycles. The second-order valence-corrected chi connectivity index (χ2v) is 5.89. The van der Waals surface area contributed by atoms with Crippen molar-refractivity contribution in [2.45, 2.75) is 32.7 Å². The zero-order valence-electron chi connectivity index (χ0n) is 14.0. The predicted octanol–water partition coefficient (Wildman–Crippen LogP) is 4.40. The maximum absolute atomic E-state index is 12.8. The van der Waals surface area contributed by atoms with Crippen molar-refractivity contribution in [1.82, 2.24) is 9.47 Å². The van der Waals surface area contributed by atoms with Gasteiger partial charge in [0.15, 0.2) is 0 Å². The number of aromatic nitrogens is 1. The van der Waals surface area contributed by atoms with E-state index in [1.807, 2.05) is 36.1 Å². The van der Waals surface area contributed by atoms with E-state index in [1.54, 1.807) is 24.1 Å². The van der Waals surface area contributed by atoms with Crippen molar-refractivity contribution in [3.63, 3.8) is 0 Å². The summed E-state index contributed by atoms with van der Waals surface area (Å²) < 4.78 is 7.33. The van der Waals surface area contributed by atoms with Crippen LogP contribution in [0.4, 0.5) is 0 Å². The molecule has 0 unspecified atom stereocenters. The van der Waals surface area contributed by atoms with Crippen LogP contribution in [0.15, 0.2) is 36.7 Å². The highest BCUT2D eigenvalue weighted by Crippen LogP contribution is 2.31. The van der Waals surface area contributed by atoms with Gasteiger partial charge in [-0.05, 0) is 31.0 Å². The molecule has 0 spiro atoms. The molecule has 1 aromatic carbocycles. The molecule has 0 atom stereocenters. The van der Waals surface area contributed by atoms with Gasteiger partial charge in [-0.3, -0.25) is 4.79 Å². The molecule has 0 saturated heterocycles. The number of hydrogen-bond acceptors (Lipinski definition) is 2. The number of hydrogen-bond donors (Lipinski definition) is 0. The normalized spacial score (nSPS) is 10.9. The Morgan fingerprint density at radius 2 is 1.87 bits per heavy atom. The fraction of sp³-hybridized carbons (Fsp3) is 0.389. The molecule has 0 N–H and O–H groups in total. The highest BCUT2D eigenvalue weighted by Gasteiger charge is 2.23. The van der Waals surface area contributed by atoms with E-state index in [9.17, 15) is 4.79 Å². The van der Waals surface area contributed by atoms with Gasteiger partial charge in [0.1, 0.15) is 5.75 Å². The van der Waals surface area contributed by atoms with Crippen LogP contribution in [-0.2, 0) is 0 Å². The number of amides is 1. The molecule has 124 valence electrons. The largest absolute Gasteiger partial charge is 0.496 e. The number of ether oxygens (including phenoxy) is 1. The van der Waals surface area contributed by atoms with E-state index in [2.05, 4.69) is 13.8 Å². The Morgan fingerprint density at radius 1 is 1.26 bits per heavy atom. The molecule has 0 aliphatic carbocycles. The lowest BCUT2D eigenvalue weighted by Crippen LogP contribution is -2.36. The number of halogens is 1. The van der Waals surface area contributed by atoms with Crippen molar-refractivity contribution in [3.8, 4) is 11.4 Å². The van der Waals surface area contributed by atoms with Crippen molar-refractivity contribution < 1.29 is 9.53 Å². The molecule has 1 amide bonds. The summed E-state index contributed by atoms with van der Waals surface area (Å²) in [5.41, 5.74) is 1.28. The fourth-order valence-corrected chi connectivity index (χ4v) is 3.03. The third-order valence-corrected chi connectivity index (χ3v) is 4.50. The molecule has 4 nitrogen and oxygen atoms in total. The van der Waals surface area contributed by atoms with Gasteiger partial charge in [-0.25, -0.2) is 0 Å². The van der Waals surface area contributed by atoms with Crippen LogP contribution in [0, 0.1) is 0 Å². The van der Waals surface area contributed by atoms with Crippen LogP contribution in [0.1, 0.15) is 37.0 Å². The molecular formula is C18H23ClN2O2. The van der Waals surface area contributed by atoms with Crippen LogP contribution in [0.5, 0.6) is 5.75 Å². The number of benzene rings is 1. The molecule has 2 rings (SSSR count). The zero-order valence-corrected chi connectivity index (χ0v) is 14.8. The molecule has 0 radical (unpaired) electrons. The van der Waals surface area contributed by atoms with Crippen molar-refractivity contribution in [2.75, 3.05) is 14.2 Å². The highest BCUT2D eigenvalue weighted by atomic mass is 35.5. The number of methoxy groups -OCH3 is 1. The van der Waals surface area contributed by atoms with E-state index in [0.29, 0.717) is 16.3 Å². The lowest BCUT2D eigenvalue weighted by molar-refractivity contribution is 0.0720. The van der Waals surface area contributed by atoms with E-state index in [1.165, 1.54) is 0 Å². The van der Waals surface area contributed by atoms with Gasteiger partial charge in [0.25, 0.3) is 5.91 Å². The molecule has 1 heterocycles. The van der Waals surface area contributed by atoms with Crippen LogP contribution < -0.4 is 4.74 Å². The number of nitrogens with zero attached hydrogens (tertiary/aromatic N) is 2. The lowest BCUT2D eigenvalue weighted by atomic mass is 10.1. The first-order valence-corrected chi connectivity index (χ1v) is 8.19. The molecule has 5 heteroatoms. The molecular weight excluding hydrogens is 312 g/mol. The van der Waals surface area contributed by atoms with Gasteiger partial charge < -0.3 is 14.2 Å². The quantitative estimate of drug-likeness (QED) is 0.784.